The summed E-state index contributed by atoms with van der Waals surface area (Å²) in [5.41, 5.74) is 5.08. The number of nitrogens with zero attached hydrogens (tertiary/aromatic N) is 1. The molecule has 0 bridgehead atoms. The van der Waals surface area contributed by atoms with Crippen LogP contribution in [0.1, 0.15) is 23.6 Å². The molecule has 4 rings (SSSR count). The van der Waals surface area contributed by atoms with Gasteiger partial charge in [-0.3, -0.25) is 4.79 Å². The molecular weight excluding hydrogens is 536 g/mol. The largest absolute Gasteiger partial charge is 0.490 e. The molecule has 0 aliphatic carbocycles. The fraction of sp³-hybridized carbons (Fsp3) is 0.231. The lowest BCUT2D eigenvalue weighted by Crippen LogP contribution is -2.20. The molecule has 0 radical (unpaired) electrons. The van der Waals surface area contributed by atoms with Crippen molar-refractivity contribution in [1.82, 2.24) is 5.43 Å². The molecule has 9 heteroatoms. The highest BCUT2D eigenvalue weighted by molar-refractivity contribution is 9.10. The molecule has 0 unspecified atom stereocenters. The van der Waals surface area contributed by atoms with E-state index in [2.05, 4.69) is 26.5 Å². The zero-order valence-corrected chi connectivity index (χ0v) is 21.4. The number of halogens is 2. The number of carbonyl (C=O) groups excluding carboxylic acids is 1. The summed E-state index contributed by atoms with van der Waals surface area (Å²) in [4.78, 5) is 12.3. The number of nitrogens with one attached hydrogen (secondary N) is 1. The molecule has 1 heterocycles. The highest BCUT2D eigenvalue weighted by Gasteiger charge is 2.14. The third-order valence-electron chi connectivity index (χ3n) is 5.00. The standard InChI is InChI=1S/C26H24BrClN2O5/c1-2-32-24-13-19(11-21(27)26(24)35-16-17-3-6-20(28)7-4-17)15-29-30-25(31)14-18-5-8-22-23(12-18)34-10-9-33-22/h3-8,11-13,15H,2,9-10,14,16H2,1H3,(H,30,31)/b29-15+. The number of fused-ring (bicyclic) bond motifs is 1. The van der Waals surface area contributed by atoms with E-state index in [0.717, 1.165) is 16.7 Å². The molecule has 0 saturated carbocycles. The van der Waals surface area contributed by atoms with Crippen molar-refractivity contribution in [2.24, 2.45) is 5.10 Å². The number of hydrogen-bond donors (Lipinski definition) is 1. The van der Waals surface area contributed by atoms with Gasteiger partial charge in [-0.05, 0) is 75.9 Å². The molecule has 1 amide bonds. The average molecular weight is 560 g/mol. The van der Waals surface area contributed by atoms with Crippen molar-refractivity contribution < 1.29 is 23.7 Å². The van der Waals surface area contributed by atoms with Crippen LogP contribution in [-0.4, -0.2) is 31.9 Å². The summed E-state index contributed by atoms with van der Waals surface area (Å²) in [5, 5.41) is 4.76. The molecule has 0 fully saturated rings. The molecule has 1 N–H and O–H groups in total. The molecule has 35 heavy (non-hydrogen) atoms. The van der Waals surface area contributed by atoms with Crippen LogP contribution in [0, 0.1) is 0 Å². The van der Waals surface area contributed by atoms with Crippen molar-refractivity contribution in [1.29, 1.82) is 0 Å². The van der Waals surface area contributed by atoms with E-state index < -0.39 is 0 Å². The second-order valence-corrected chi connectivity index (χ2v) is 8.92. The Labute approximate surface area is 217 Å². The van der Waals surface area contributed by atoms with Gasteiger partial charge in [0, 0.05) is 5.02 Å². The molecule has 3 aromatic rings. The maximum Gasteiger partial charge on any atom is 0.244 e. The molecule has 182 valence electrons. The fourth-order valence-electron chi connectivity index (χ4n) is 3.40. The first-order chi connectivity index (χ1) is 17.0. The lowest BCUT2D eigenvalue weighted by molar-refractivity contribution is -0.120. The Kier molecular flexibility index (Phi) is 8.50. The smallest absolute Gasteiger partial charge is 0.244 e. The normalized spacial score (nSPS) is 12.4. The van der Waals surface area contributed by atoms with E-state index in [1.165, 1.54) is 0 Å². The third-order valence-corrected chi connectivity index (χ3v) is 5.84. The summed E-state index contributed by atoms with van der Waals surface area (Å²) >= 11 is 9.50. The Hall–Kier alpha value is -3.23. The van der Waals surface area contributed by atoms with Crippen molar-refractivity contribution in [3.63, 3.8) is 0 Å². The summed E-state index contributed by atoms with van der Waals surface area (Å²) in [6.45, 7) is 3.75. The average Bonchev–Trinajstić information content (AvgIpc) is 2.85. The first-order valence-electron chi connectivity index (χ1n) is 11.1. The van der Waals surface area contributed by atoms with Crippen LogP contribution in [0.3, 0.4) is 0 Å². The van der Waals surface area contributed by atoms with Gasteiger partial charge in [0.25, 0.3) is 0 Å². The summed E-state index contributed by atoms with van der Waals surface area (Å²) in [6.07, 6.45) is 1.72. The number of amides is 1. The molecule has 1 aliphatic heterocycles. The van der Waals surface area contributed by atoms with Gasteiger partial charge in [-0.15, -0.1) is 0 Å². The zero-order chi connectivity index (χ0) is 24.6. The van der Waals surface area contributed by atoms with Gasteiger partial charge >= 0.3 is 0 Å². The van der Waals surface area contributed by atoms with E-state index in [4.69, 9.17) is 30.5 Å². The van der Waals surface area contributed by atoms with E-state index in [-0.39, 0.29) is 12.3 Å². The van der Waals surface area contributed by atoms with Crippen LogP contribution < -0.4 is 24.4 Å². The van der Waals surface area contributed by atoms with Gasteiger partial charge in [-0.2, -0.15) is 5.10 Å². The third kappa shape index (κ3) is 6.90. The monoisotopic (exact) mass is 558 g/mol. The summed E-state index contributed by atoms with van der Waals surface area (Å²) < 4.78 is 23.6. The van der Waals surface area contributed by atoms with E-state index in [1.807, 2.05) is 61.5 Å². The van der Waals surface area contributed by atoms with E-state index in [0.29, 0.717) is 58.9 Å². The molecular formula is C26H24BrClN2O5. The Bertz CT molecular complexity index is 1220. The molecule has 0 spiro atoms. The molecule has 7 nitrogen and oxygen atoms in total. The minimum Gasteiger partial charge on any atom is -0.490 e. The van der Waals surface area contributed by atoms with Gasteiger partial charge in [0.15, 0.2) is 23.0 Å². The quantitative estimate of drug-likeness (QED) is 0.275. The maximum absolute atomic E-state index is 12.3. The van der Waals surface area contributed by atoms with Crippen LogP contribution in [-0.2, 0) is 17.8 Å². The first-order valence-corrected chi connectivity index (χ1v) is 12.2. The van der Waals surface area contributed by atoms with E-state index in [1.54, 1.807) is 6.21 Å². The number of benzene rings is 3. The SMILES string of the molecule is CCOc1cc(/C=N/NC(=O)Cc2ccc3c(c2)OCCO3)cc(Br)c1OCc1ccc(Cl)cc1. The topological polar surface area (TPSA) is 78.4 Å². The molecule has 3 aromatic carbocycles. The summed E-state index contributed by atoms with van der Waals surface area (Å²) in [5.74, 6) is 2.25. The van der Waals surface area contributed by atoms with Crippen LogP contribution in [0.5, 0.6) is 23.0 Å². The number of ether oxygens (including phenoxy) is 4. The Morgan fingerprint density at radius 3 is 2.57 bits per heavy atom. The molecule has 0 saturated heterocycles. The molecule has 0 atom stereocenters. The maximum atomic E-state index is 12.3. The van der Waals surface area contributed by atoms with Gasteiger partial charge < -0.3 is 18.9 Å². The lowest BCUT2D eigenvalue weighted by atomic mass is 10.1. The van der Waals surface area contributed by atoms with E-state index in [9.17, 15) is 4.79 Å². The van der Waals surface area contributed by atoms with Crippen molar-refractivity contribution in [3.8, 4) is 23.0 Å². The van der Waals surface area contributed by atoms with Crippen molar-refractivity contribution >= 4 is 39.7 Å². The Morgan fingerprint density at radius 2 is 1.80 bits per heavy atom. The number of carbonyl (C=O) groups is 1. The van der Waals surface area contributed by atoms with Crippen molar-refractivity contribution in [2.45, 2.75) is 20.0 Å². The predicted octanol–water partition coefficient (Wildman–Crippen LogP) is 5.54. The molecule has 1 aliphatic rings. The predicted molar refractivity (Wildman–Crippen MR) is 138 cm³/mol. The van der Waals surface area contributed by atoms with Crippen LogP contribution in [0.15, 0.2) is 64.2 Å². The first kappa shape index (κ1) is 24.9. The van der Waals surface area contributed by atoms with Crippen molar-refractivity contribution in [3.05, 3.63) is 80.8 Å². The van der Waals surface area contributed by atoms with Crippen LogP contribution in [0.4, 0.5) is 0 Å². The zero-order valence-electron chi connectivity index (χ0n) is 19.1. The number of hydrazone groups is 1. The van der Waals surface area contributed by atoms with Crippen LogP contribution in [0.2, 0.25) is 5.02 Å². The lowest BCUT2D eigenvalue weighted by Gasteiger charge is -2.18. The summed E-state index contributed by atoms with van der Waals surface area (Å²) in [7, 11) is 0. The number of hydrogen-bond acceptors (Lipinski definition) is 6. The van der Waals surface area contributed by atoms with Crippen molar-refractivity contribution in [2.75, 3.05) is 19.8 Å². The second kappa shape index (κ2) is 12.0. The highest BCUT2D eigenvalue weighted by atomic mass is 79.9. The van der Waals surface area contributed by atoms with Gasteiger partial charge in [0.05, 0.1) is 23.7 Å². The van der Waals surface area contributed by atoms with Gasteiger partial charge in [0.1, 0.15) is 19.8 Å². The van der Waals surface area contributed by atoms with Gasteiger partial charge in [-0.1, -0.05) is 29.8 Å². The van der Waals surface area contributed by atoms with Crippen LogP contribution >= 0.6 is 27.5 Å². The minimum absolute atomic E-state index is 0.166. The number of rotatable bonds is 9. The van der Waals surface area contributed by atoms with Gasteiger partial charge in [-0.25, -0.2) is 5.43 Å². The molecule has 0 aromatic heterocycles. The van der Waals surface area contributed by atoms with Gasteiger partial charge in [0.2, 0.25) is 5.91 Å². The highest BCUT2D eigenvalue weighted by Crippen LogP contribution is 2.37. The Morgan fingerprint density at radius 1 is 1.06 bits per heavy atom. The Balaban J connectivity index is 1.38. The minimum atomic E-state index is -0.245. The van der Waals surface area contributed by atoms with E-state index >= 15 is 0 Å². The summed E-state index contributed by atoms with van der Waals surface area (Å²) in [6, 6.07) is 16.6. The fourth-order valence-corrected chi connectivity index (χ4v) is 4.10. The van der Waals surface area contributed by atoms with Crippen LogP contribution in [0.25, 0.3) is 0 Å². The second-order valence-electron chi connectivity index (χ2n) is 7.63.